The first-order valence-corrected chi connectivity index (χ1v) is 7.79. The summed E-state index contributed by atoms with van der Waals surface area (Å²) in [4.78, 5) is 18.2. The molecule has 1 amide bonds. The first kappa shape index (κ1) is 14.3. The van der Waals surface area contributed by atoms with Gasteiger partial charge in [0.1, 0.15) is 0 Å². The molecule has 0 radical (unpaired) electrons. The van der Waals surface area contributed by atoms with Crippen molar-refractivity contribution in [3.8, 4) is 0 Å². The number of hydrogen-bond acceptors (Lipinski definition) is 3. The molecule has 0 saturated heterocycles. The van der Waals surface area contributed by atoms with E-state index in [0.717, 1.165) is 21.8 Å². The number of fused-ring (bicyclic) bond motifs is 1. The minimum absolute atomic E-state index is 0.149. The highest BCUT2D eigenvalue weighted by Crippen LogP contribution is 2.14. The van der Waals surface area contributed by atoms with Crippen LogP contribution in [-0.4, -0.2) is 22.9 Å². The molecule has 1 heterocycles. The van der Waals surface area contributed by atoms with Gasteiger partial charge in [0, 0.05) is 0 Å². The summed E-state index contributed by atoms with van der Waals surface area (Å²) in [6, 6.07) is 17.5. The number of aromatic nitrogens is 2. The van der Waals surface area contributed by atoms with E-state index in [0.29, 0.717) is 0 Å². The number of rotatable bonds is 5. The van der Waals surface area contributed by atoms with Crippen molar-refractivity contribution in [2.45, 2.75) is 5.16 Å². The lowest BCUT2D eigenvalue weighted by Crippen LogP contribution is -2.20. The van der Waals surface area contributed by atoms with Gasteiger partial charge in [0.2, 0.25) is 0 Å². The molecule has 0 saturated carbocycles. The monoisotopic (exact) mass is 311 g/mol. The third-order valence-corrected chi connectivity index (χ3v) is 3.87. The highest BCUT2D eigenvalue weighted by atomic mass is 32.2. The average molecular weight is 311 g/mol. The van der Waals surface area contributed by atoms with E-state index >= 15 is 0 Å². The quantitative estimate of drug-likeness (QED) is 0.431. The van der Waals surface area contributed by atoms with Crippen LogP contribution in [0.3, 0.4) is 0 Å². The molecule has 22 heavy (non-hydrogen) atoms. The number of benzene rings is 2. The van der Waals surface area contributed by atoms with Crippen LogP contribution in [0.15, 0.2) is 64.9 Å². The van der Waals surface area contributed by atoms with Crippen LogP contribution >= 0.6 is 11.8 Å². The summed E-state index contributed by atoms with van der Waals surface area (Å²) in [6.45, 7) is 0. The van der Waals surface area contributed by atoms with Gasteiger partial charge in [-0.05, 0) is 29.5 Å². The van der Waals surface area contributed by atoms with Gasteiger partial charge in [-0.2, -0.15) is 5.10 Å². The molecular formula is C16H15N4OS+. The van der Waals surface area contributed by atoms with E-state index in [4.69, 9.17) is 0 Å². The van der Waals surface area contributed by atoms with Crippen LogP contribution in [-0.2, 0) is 4.79 Å². The topological polar surface area (TPSA) is 71.4 Å². The summed E-state index contributed by atoms with van der Waals surface area (Å²) in [5.74, 6) is 0.138. The zero-order valence-electron chi connectivity index (χ0n) is 11.7. The molecule has 0 bridgehead atoms. The van der Waals surface area contributed by atoms with Gasteiger partial charge in [-0.3, -0.25) is 4.79 Å². The van der Waals surface area contributed by atoms with Crippen LogP contribution < -0.4 is 10.4 Å². The molecule has 2 aromatic carbocycles. The summed E-state index contributed by atoms with van der Waals surface area (Å²) < 4.78 is 0. The molecule has 110 valence electrons. The highest BCUT2D eigenvalue weighted by molar-refractivity contribution is 7.99. The van der Waals surface area contributed by atoms with Gasteiger partial charge in [0.15, 0.2) is 11.0 Å². The molecular weight excluding hydrogens is 296 g/mol. The summed E-state index contributed by atoms with van der Waals surface area (Å²) in [7, 11) is 0. The minimum atomic E-state index is -0.149. The largest absolute Gasteiger partial charge is 0.315 e. The molecule has 3 aromatic rings. The predicted octanol–water partition coefficient (Wildman–Crippen LogP) is 2.22. The standard InChI is InChI=1S/C16H14N4OS/c21-15(20-17-10-12-6-2-1-3-7-12)11-22-16-18-13-8-4-5-9-14(13)19-16/h1-10H,11H2,(H,18,19)(H,20,21)/p+1. The van der Waals surface area contributed by atoms with Gasteiger partial charge in [-0.25, -0.2) is 15.4 Å². The molecule has 0 unspecified atom stereocenters. The maximum Gasteiger partial charge on any atom is 0.315 e. The number of hydrogen-bond donors (Lipinski definition) is 2. The van der Waals surface area contributed by atoms with Gasteiger partial charge in [-0.1, -0.05) is 42.5 Å². The Labute approximate surface area is 131 Å². The Morgan fingerprint density at radius 3 is 2.77 bits per heavy atom. The van der Waals surface area contributed by atoms with Gasteiger partial charge in [-0.15, -0.1) is 0 Å². The smallest absolute Gasteiger partial charge is 0.272 e. The summed E-state index contributed by atoms with van der Waals surface area (Å²) in [5, 5.41) is 4.79. The van der Waals surface area contributed by atoms with Crippen molar-refractivity contribution in [2.75, 3.05) is 5.75 Å². The number of hydrazone groups is 1. The molecule has 5 nitrogen and oxygen atoms in total. The molecule has 1 aromatic heterocycles. The second kappa shape index (κ2) is 6.91. The Kier molecular flexibility index (Phi) is 4.50. The molecule has 3 N–H and O–H groups in total. The third kappa shape index (κ3) is 3.73. The molecule has 3 rings (SSSR count). The van der Waals surface area contributed by atoms with Crippen molar-refractivity contribution < 1.29 is 9.78 Å². The number of carbonyl (C=O) groups is 1. The Morgan fingerprint density at radius 1 is 1.18 bits per heavy atom. The maximum absolute atomic E-state index is 11.7. The minimum Gasteiger partial charge on any atom is -0.272 e. The van der Waals surface area contributed by atoms with Crippen molar-refractivity contribution in [2.24, 2.45) is 5.10 Å². The van der Waals surface area contributed by atoms with E-state index in [1.54, 1.807) is 6.21 Å². The Hall–Kier alpha value is -2.60. The van der Waals surface area contributed by atoms with E-state index in [1.807, 2.05) is 54.6 Å². The predicted molar refractivity (Wildman–Crippen MR) is 87.8 cm³/mol. The first-order valence-electron chi connectivity index (χ1n) is 6.81. The molecule has 0 spiro atoms. The van der Waals surface area contributed by atoms with Crippen molar-refractivity contribution in [1.29, 1.82) is 0 Å². The third-order valence-electron chi connectivity index (χ3n) is 2.97. The van der Waals surface area contributed by atoms with Crippen LogP contribution in [0.1, 0.15) is 5.56 Å². The lowest BCUT2D eigenvalue weighted by atomic mass is 10.2. The molecule has 0 aliphatic carbocycles. The number of imidazole rings is 1. The van der Waals surface area contributed by atoms with Crippen molar-refractivity contribution in [3.05, 3.63) is 60.2 Å². The first-order chi connectivity index (χ1) is 10.8. The zero-order chi connectivity index (χ0) is 15.2. The number of amides is 1. The number of para-hydroxylation sites is 2. The number of thioether (sulfide) groups is 1. The SMILES string of the molecule is O=C(CSc1[nH]c2ccccc2[nH+]1)NN=Cc1ccccc1. The number of aromatic amines is 2. The fourth-order valence-corrected chi connectivity index (χ4v) is 2.64. The number of nitrogens with one attached hydrogen (secondary N) is 3. The van der Waals surface area contributed by atoms with Crippen LogP contribution in [0.2, 0.25) is 0 Å². The molecule has 0 atom stereocenters. The van der Waals surface area contributed by atoms with Crippen LogP contribution in [0.4, 0.5) is 0 Å². The normalized spacial score (nSPS) is 11.1. The molecule has 0 aliphatic heterocycles. The Balaban J connectivity index is 1.51. The fraction of sp³-hybridized carbons (Fsp3) is 0.0625. The molecule has 0 fully saturated rings. The van der Waals surface area contributed by atoms with Gasteiger partial charge < -0.3 is 0 Å². The van der Waals surface area contributed by atoms with Crippen molar-refractivity contribution in [3.63, 3.8) is 0 Å². The summed E-state index contributed by atoms with van der Waals surface area (Å²) in [5.41, 5.74) is 5.50. The van der Waals surface area contributed by atoms with E-state index in [-0.39, 0.29) is 11.7 Å². The lowest BCUT2D eigenvalue weighted by molar-refractivity contribution is -0.396. The van der Waals surface area contributed by atoms with E-state index in [1.165, 1.54) is 11.8 Å². The number of H-pyrrole nitrogens is 2. The fourth-order valence-electron chi connectivity index (χ4n) is 1.94. The Bertz CT molecular complexity index is 765. The van der Waals surface area contributed by atoms with Crippen LogP contribution in [0.25, 0.3) is 11.0 Å². The van der Waals surface area contributed by atoms with Gasteiger partial charge >= 0.3 is 5.16 Å². The van der Waals surface area contributed by atoms with E-state index in [9.17, 15) is 4.79 Å². The van der Waals surface area contributed by atoms with Gasteiger partial charge in [0.05, 0.1) is 12.0 Å². The molecule has 0 aliphatic rings. The summed E-state index contributed by atoms with van der Waals surface area (Å²) >= 11 is 1.40. The second-order valence-corrected chi connectivity index (χ2v) is 5.60. The van der Waals surface area contributed by atoms with E-state index < -0.39 is 0 Å². The van der Waals surface area contributed by atoms with Crippen molar-refractivity contribution >= 4 is 34.9 Å². The summed E-state index contributed by atoms with van der Waals surface area (Å²) in [6.07, 6.45) is 1.62. The zero-order valence-corrected chi connectivity index (χ0v) is 12.6. The van der Waals surface area contributed by atoms with Crippen LogP contribution in [0, 0.1) is 0 Å². The lowest BCUT2D eigenvalue weighted by Gasteiger charge is -1.96. The van der Waals surface area contributed by atoms with E-state index in [2.05, 4.69) is 20.5 Å². The Morgan fingerprint density at radius 2 is 1.95 bits per heavy atom. The molecule has 6 heteroatoms. The van der Waals surface area contributed by atoms with Crippen LogP contribution in [0.5, 0.6) is 0 Å². The average Bonchev–Trinajstić information content (AvgIpc) is 2.97. The van der Waals surface area contributed by atoms with Crippen molar-refractivity contribution in [1.82, 2.24) is 10.4 Å². The second-order valence-electron chi connectivity index (χ2n) is 4.62. The van der Waals surface area contributed by atoms with Gasteiger partial charge in [0.25, 0.3) is 5.91 Å². The highest BCUT2D eigenvalue weighted by Gasteiger charge is 2.11. The number of carbonyl (C=O) groups excluding carboxylic acids is 1. The number of nitrogens with zero attached hydrogens (tertiary/aromatic N) is 1. The maximum atomic E-state index is 11.7.